The van der Waals surface area contributed by atoms with Crippen molar-refractivity contribution in [2.75, 3.05) is 47.1 Å². The number of carbonyl (C=O) groups is 1. The highest BCUT2D eigenvalue weighted by molar-refractivity contribution is 5.80. The molecule has 0 spiro atoms. The van der Waals surface area contributed by atoms with Crippen LogP contribution in [0, 0.1) is 0 Å². The van der Waals surface area contributed by atoms with E-state index >= 15 is 0 Å². The number of hydrogen-bond acceptors (Lipinski definition) is 6. The molecule has 6 nitrogen and oxygen atoms in total. The summed E-state index contributed by atoms with van der Waals surface area (Å²) in [6, 6.07) is 0.163. The van der Waals surface area contributed by atoms with Crippen LogP contribution >= 0.6 is 0 Å². The van der Waals surface area contributed by atoms with Crippen molar-refractivity contribution in [1.82, 2.24) is 4.90 Å². The highest BCUT2D eigenvalue weighted by Gasteiger charge is 2.33. The van der Waals surface area contributed by atoms with E-state index < -0.39 is 5.54 Å². The van der Waals surface area contributed by atoms with Gasteiger partial charge in [0.2, 0.25) is 0 Å². The molecule has 0 radical (unpaired) electrons. The fourth-order valence-corrected chi connectivity index (χ4v) is 2.30. The third-order valence-corrected chi connectivity index (χ3v) is 3.46. The molecule has 6 heteroatoms. The summed E-state index contributed by atoms with van der Waals surface area (Å²) >= 11 is 0. The Labute approximate surface area is 128 Å². The topological polar surface area (TPSA) is 74.0 Å². The van der Waals surface area contributed by atoms with Crippen molar-refractivity contribution in [2.45, 2.75) is 45.2 Å². The molecule has 0 aromatic rings. The number of ether oxygens (including phenoxy) is 3. The van der Waals surface area contributed by atoms with Crippen LogP contribution in [0.4, 0.5) is 0 Å². The van der Waals surface area contributed by atoms with E-state index in [9.17, 15) is 4.79 Å². The van der Waals surface area contributed by atoms with Gasteiger partial charge in [0.05, 0.1) is 13.2 Å². The fourth-order valence-electron chi connectivity index (χ4n) is 2.30. The second kappa shape index (κ2) is 11.0. The molecular weight excluding hydrogens is 272 g/mol. The third kappa shape index (κ3) is 8.36. The lowest BCUT2D eigenvalue weighted by atomic mass is 9.94. The minimum absolute atomic E-state index is 0.163. The molecule has 2 unspecified atom stereocenters. The smallest absolute Gasteiger partial charge is 0.325 e. The second-order valence-electron chi connectivity index (χ2n) is 5.57. The summed E-state index contributed by atoms with van der Waals surface area (Å²) in [5.41, 5.74) is 5.14. The van der Waals surface area contributed by atoms with Crippen molar-refractivity contribution >= 4 is 5.97 Å². The largest absolute Gasteiger partial charge is 0.465 e. The lowest BCUT2D eigenvalue weighted by Crippen LogP contribution is -2.51. The molecule has 0 rings (SSSR count). The van der Waals surface area contributed by atoms with Crippen LogP contribution in [0.3, 0.4) is 0 Å². The number of methoxy groups -OCH3 is 2. The van der Waals surface area contributed by atoms with Crippen LogP contribution in [0.15, 0.2) is 0 Å². The van der Waals surface area contributed by atoms with Crippen LogP contribution in [0.5, 0.6) is 0 Å². The van der Waals surface area contributed by atoms with Crippen LogP contribution in [-0.4, -0.2) is 69.6 Å². The van der Waals surface area contributed by atoms with Crippen molar-refractivity contribution in [3.8, 4) is 0 Å². The van der Waals surface area contributed by atoms with Gasteiger partial charge in [0, 0.05) is 40.0 Å². The number of nitrogens with zero attached hydrogens (tertiary/aromatic N) is 1. The SMILES string of the molecule is CCOC(=O)C(C)(N)CC(C)N(CCCOC)CCOC. The standard InChI is InChI=1S/C15H32N2O4/c1-6-21-14(18)15(3,16)12-13(2)17(9-11-20-5)8-7-10-19-4/h13H,6-12,16H2,1-5H3. The van der Waals surface area contributed by atoms with Gasteiger partial charge >= 0.3 is 5.97 Å². The van der Waals surface area contributed by atoms with Gasteiger partial charge < -0.3 is 19.9 Å². The molecule has 0 saturated carbocycles. The highest BCUT2D eigenvalue weighted by Crippen LogP contribution is 2.16. The number of rotatable bonds is 12. The Morgan fingerprint density at radius 3 is 2.38 bits per heavy atom. The summed E-state index contributed by atoms with van der Waals surface area (Å²) in [5.74, 6) is -0.347. The monoisotopic (exact) mass is 304 g/mol. The van der Waals surface area contributed by atoms with Gasteiger partial charge in [0.15, 0.2) is 0 Å². The minimum Gasteiger partial charge on any atom is -0.465 e. The van der Waals surface area contributed by atoms with E-state index in [1.165, 1.54) is 0 Å². The zero-order valence-corrected chi connectivity index (χ0v) is 14.2. The molecule has 0 aliphatic carbocycles. The Morgan fingerprint density at radius 1 is 1.24 bits per heavy atom. The first-order valence-electron chi connectivity index (χ1n) is 7.57. The number of nitrogens with two attached hydrogens (primary N) is 1. The van der Waals surface area contributed by atoms with Gasteiger partial charge in [0.25, 0.3) is 0 Å². The van der Waals surface area contributed by atoms with Crippen LogP contribution < -0.4 is 5.73 Å². The number of hydrogen-bond donors (Lipinski definition) is 1. The molecule has 21 heavy (non-hydrogen) atoms. The lowest BCUT2D eigenvalue weighted by Gasteiger charge is -2.33. The van der Waals surface area contributed by atoms with Gasteiger partial charge in [0.1, 0.15) is 5.54 Å². The Balaban J connectivity index is 4.54. The Kier molecular flexibility index (Phi) is 10.6. The first-order valence-corrected chi connectivity index (χ1v) is 7.57. The maximum absolute atomic E-state index is 11.9. The molecule has 0 fully saturated rings. The Hall–Kier alpha value is -0.690. The van der Waals surface area contributed by atoms with E-state index in [2.05, 4.69) is 11.8 Å². The van der Waals surface area contributed by atoms with Crippen LogP contribution in [-0.2, 0) is 19.0 Å². The molecule has 0 aromatic carbocycles. The average Bonchev–Trinajstić information content (AvgIpc) is 2.42. The molecule has 0 aliphatic heterocycles. The maximum atomic E-state index is 11.9. The van der Waals surface area contributed by atoms with E-state index in [4.69, 9.17) is 19.9 Å². The van der Waals surface area contributed by atoms with Gasteiger partial charge in [-0.1, -0.05) is 0 Å². The van der Waals surface area contributed by atoms with Crippen molar-refractivity contribution in [1.29, 1.82) is 0 Å². The fraction of sp³-hybridized carbons (Fsp3) is 0.933. The molecule has 2 N–H and O–H groups in total. The third-order valence-electron chi connectivity index (χ3n) is 3.46. The molecule has 0 aliphatic rings. The maximum Gasteiger partial charge on any atom is 0.325 e. The lowest BCUT2D eigenvalue weighted by molar-refractivity contribution is -0.149. The normalized spacial score (nSPS) is 15.8. The summed E-state index contributed by atoms with van der Waals surface area (Å²) in [5, 5.41) is 0. The van der Waals surface area contributed by atoms with Gasteiger partial charge in [-0.05, 0) is 33.6 Å². The minimum atomic E-state index is -0.970. The average molecular weight is 304 g/mol. The molecule has 0 aromatic heterocycles. The predicted octanol–water partition coefficient (Wildman–Crippen LogP) is 1.03. The molecule has 2 atom stereocenters. The summed E-state index contributed by atoms with van der Waals surface area (Å²) < 4.78 is 15.3. The molecule has 126 valence electrons. The quantitative estimate of drug-likeness (QED) is 0.429. The van der Waals surface area contributed by atoms with Crippen LogP contribution in [0.1, 0.15) is 33.6 Å². The van der Waals surface area contributed by atoms with Crippen molar-refractivity contribution in [2.24, 2.45) is 5.73 Å². The number of carbonyl (C=O) groups excluding carboxylic acids is 1. The molecule has 0 amide bonds. The second-order valence-corrected chi connectivity index (χ2v) is 5.57. The molecular formula is C15H32N2O4. The van der Waals surface area contributed by atoms with Crippen molar-refractivity contribution in [3.63, 3.8) is 0 Å². The predicted molar refractivity (Wildman–Crippen MR) is 83.2 cm³/mol. The first kappa shape index (κ1) is 20.3. The van der Waals surface area contributed by atoms with E-state index in [-0.39, 0.29) is 12.0 Å². The Bertz CT molecular complexity index is 285. The van der Waals surface area contributed by atoms with Gasteiger partial charge in [-0.2, -0.15) is 0 Å². The molecule has 0 bridgehead atoms. The summed E-state index contributed by atoms with van der Waals surface area (Å²) in [4.78, 5) is 14.2. The van der Waals surface area contributed by atoms with Gasteiger partial charge in [-0.25, -0.2) is 0 Å². The zero-order chi connectivity index (χ0) is 16.3. The summed E-state index contributed by atoms with van der Waals surface area (Å²) in [7, 11) is 3.38. The van der Waals surface area contributed by atoms with Crippen molar-refractivity contribution in [3.05, 3.63) is 0 Å². The first-order chi connectivity index (χ1) is 9.88. The molecule has 0 heterocycles. The number of esters is 1. The van der Waals surface area contributed by atoms with Crippen molar-refractivity contribution < 1.29 is 19.0 Å². The zero-order valence-electron chi connectivity index (χ0n) is 14.2. The van der Waals surface area contributed by atoms with E-state index in [0.717, 1.165) is 19.5 Å². The van der Waals surface area contributed by atoms with Crippen LogP contribution in [0.25, 0.3) is 0 Å². The van der Waals surface area contributed by atoms with E-state index in [0.29, 0.717) is 26.2 Å². The van der Waals surface area contributed by atoms with Gasteiger partial charge in [-0.15, -0.1) is 0 Å². The van der Waals surface area contributed by atoms with Crippen LogP contribution in [0.2, 0.25) is 0 Å². The molecule has 0 saturated heterocycles. The van der Waals surface area contributed by atoms with E-state index in [1.807, 2.05) is 0 Å². The summed E-state index contributed by atoms with van der Waals surface area (Å²) in [6.45, 7) is 9.00. The Morgan fingerprint density at radius 2 is 1.86 bits per heavy atom. The van der Waals surface area contributed by atoms with Gasteiger partial charge in [-0.3, -0.25) is 9.69 Å². The summed E-state index contributed by atoms with van der Waals surface area (Å²) in [6.07, 6.45) is 1.48. The highest BCUT2D eigenvalue weighted by atomic mass is 16.5. The van der Waals surface area contributed by atoms with E-state index in [1.54, 1.807) is 28.1 Å².